The predicted octanol–water partition coefficient (Wildman–Crippen LogP) is -1.92. The topological polar surface area (TPSA) is 189 Å². The van der Waals surface area contributed by atoms with Gasteiger partial charge in [-0.2, -0.15) is 9.67 Å². The van der Waals surface area contributed by atoms with Crippen LogP contribution in [0, 0.1) is 17.6 Å². The predicted molar refractivity (Wildman–Crippen MR) is 214 cm³/mol. The summed E-state index contributed by atoms with van der Waals surface area (Å²) < 4.78 is 57.4. The van der Waals surface area contributed by atoms with E-state index in [-0.39, 0.29) is 83.8 Å². The van der Waals surface area contributed by atoms with Crippen molar-refractivity contribution in [2.24, 2.45) is 5.92 Å². The van der Waals surface area contributed by atoms with Gasteiger partial charge < -0.3 is 56.5 Å². The molecule has 334 valence electrons. The molecule has 1 unspecified atom stereocenters. The number of hydrogen-bond donors (Lipinski definition) is 1. The van der Waals surface area contributed by atoms with Crippen LogP contribution in [0.25, 0.3) is 5.69 Å². The van der Waals surface area contributed by atoms with Gasteiger partial charge in [-0.25, -0.2) is 33.9 Å². The molecule has 63 heavy (non-hydrogen) atoms. The van der Waals surface area contributed by atoms with Gasteiger partial charge in [0.1, 0.15) is 35.9 Å². The van der Waals surface area contributed by atoms with E-state index in [1.165, 1.54) is 49.6 Å². The molecule has 2 aliphatic rings. The van der Waals surface area contributed by atoms with Crippen molar-refractivity contribution in [3.8, 4) is 11.4 Å². The molecule has 0 spiro atoms. The minimum atomic E-state index is -1.20. The fraction of sp³-hybridized carbons (Fsp3) is 0.429. The van der Waals surface area contributed by atoms with Gasteiger partial charge in [-0.15, -0.1) is 4.68 Å². The fourth-order valence-electron chi connectivity index (χ4n) is 7.86. The summed E-state index contributed by atoms with van der Waals surface area (Å²) >= 11 is 0. The molecule has 2 saturated heterocycles. The summed E-state index contributed by atoms with van der Waals surface area (Å²) in [6.45, 7) is 8.45. The fourth-order valence-corrected chi connectivity index (χ4v) is 7.86. The summed E-state index contributed by atoms with van der Waals surface area (Å²) in [5.41, 5.74) is 1.53. The minimum Gasteiger partial charge on any atom is -1.00 e. The Balaban J connectivity index is 0.00000290. The maximum Gasteiger partial charge on any atom is 1.00 e. The van der Waals surface area contributed by atoms with Crippen molar-refractivity contribution in [3.05, 3.63) is 113 Å². The Kier molecular flexibility index (Phi) is 18.2. The standard InChI is InChI=1S/C42H48F2N8O8.ClH.Na.H2O/c1-4-39(29(2)54)52-40(55)51(27-46-52)35-8-6-33(7-9-35)47-15-17-48(18-16-47)34-10-12-36(13-11-34)58-23-31-22-42(59-24-31,37-14-5-32(43)21-38(37)44)25-50-28-49(26-45-50)30(3)60-41(56)57-20-19-53;;;/h5-14,21,26-31,39,54H,4,15-18,20,22-25H2,1-3H3;1H;;1H2/q;;+1;/p-2/t29-,30?,31+,39-,42-;;;/m0.../s1. The summed E-state index contributed by atoms with van der Waals surface area (Å²) in [7, 11) is 0. The van der Waals surface area contributed by atoms with E-state index in [1.807, 2.05) is 55.5 Å². The second-order valence-corrected chi connectivity index (χ2v) is 15.0. The Bertz CT molecular complexity index is 2310. The molecule has 5 atom stereocenters. The molecule has 3 aromatic carbocycles. The van der Waals surface area contributed by atoms with E-state index in [0.29, 0.717) is 30.9 Å². The second-order valence-electron chi connectivity index (χ2n) is 15.0. The van der Waals surface area contributed by atoms with E-state index in [1.54, 1.807) is 20.2 Å². The van der Waals surface area contributed by atoms with Crippen LogP contribution in [0.15, 0.2) is 90.5 Å². The van der Waals surface area contributed by atoms with Crippen molar-refractivity contribution < 1.29 is 94.4 Å². The van der Waals surface area contributed by atoms with Gasteiger partial charge in [-0.3, -0.25) is 0 Å². The molecule has 17 nitrogen and oxygen atoms in total. The number of hydrogen-bond acceptors (Lipinski definition) is 13. The molecule has 2 aromatic heterocycles. The molecule has 7 rings (SSSR count). The summed E-state index contributed by atoms with van der Waals surface area (Å²) in [5, 5.41) is 18.7. The first-order valence-electron chi connectivity index (χ1n) is 19.9. The van der Waals surface area contributed by atoms with Crippen molar-refractivity contribution in [1.82, 2.24) is 24.1 Å². The maximum atomic E-state index is 15.3. The Morgan fingerprint density at radius 2 is 1.63 bits per heavy atom. The van der Waals surface area contributed by atoms with E-state index in [9.17, 15) is 23.9 Å². The quantitative estimate of drug-likeness (QED) is 0.0500. The summed E-state index contributed by atoms with van der Waals surface area (Å²) in [5.74, 6) is -0.902. The average Bonchev–Trinajstić information content (AvgIpc) is 3.99. The number of halogens is 3. The van der Waals surface area contributed by atoms with E-state index in [2.05, 4.69) is 24.7 Å². The summed E-state index contributed by atoms with van der Waals surface area (Å²) in [4.78, 5) is 39.8. The van der Waals surface area contributed by atoms with Gasteiger partial charge in [0.25, 0.3) is 6.33 Å². The first-order chi connectivity index (χ1) is 29.0. The van der Waals surface area contributed by atoms with Gasteiger partial charge >= 0.3 is 41.4 Å². The number of ether oxygens (including phenoxy) is 4. The number of rotatable bonds is 16. The summed E-state index contributed by atoms with van der Waals surface area (Å²) in [6, 6.07) is 18.8. The number of nitrogens with zero attached hydrogens (tertiary/aromatic N) is 8. The molecule has 0 radical (unpaired) electrons. The van der Waals surface area contributed by atoms with Crippen molar-refractivity contribution in [2.45, 2.75) is 64.1 Å². The van der Waals surface area contributed by atoms with Gasteiger partial charge in [-0.1, -0.05) is 13.0 Å². The molecule has 0 bridgehead atoms. The van der Waals surface area contributed by atoms with Gasteiger partial charge in [0.15, 0.2) is 0 Å². The Labute approximate surface area is 391 Å². The minimum absolute atomic E-state index is 0. The first kappa shape index (κ1) is 50.8. The number of piperazine rings is 1. The third-order valence-corrected chi connectivity index (χ3v) is 11.0. The Hall–Kier alpha value is -4.89. The van der Waals surface area contributed by atoms with Crippen LogP contribution < -0.4 is 66.8 Å². The number of carbonyl (C=O) groups is 1. The first-order valence-corrected chi connectivity index (χ1v) is 19.9. The number of aliphatic hydroxyl groups excluding tert-OH is 1. The van der Waals surface area contributed by atoms with Crippen LogP contribution in [-0.4, -0.2) is 99.3 Å². The Morgan fingerprint density at radius 3 is 2.24 bits per heavy atom. The molecule has 2 aliphatic heterocycles. The van der Waals surface area contributed by atoms with Gasteiger partial charge in [0.05, 0.1) is 31.0 Å². The van der Waals surface area contributed by atoms with Gasteiger partial charge in [0.2, 0.25) is 12.6 Å². The zero-order valence-corrected chi connectivity index (χ0v) is 38.2. The number of benzene rings is 3. The van der Waals surface area contributed by atoms with Gasteiger partial charge in [-0.05, 0) is 74.4 Å². The van der Waals surface area contributed by atoms with Gasteiger partial charge in [0, 0.05) is 73.7 Å². The Morgan fingerprint density at radius 1 is 1.00 bits per heavy atom. The number of anilines is 2. The molecule has 0 amide bonds. The molecule has 5 aromatic rings. The van der Waals surface area contributed by atoms with E-state index in [0.717, 1.165) is 43.6 Å². The van der Waals surface area contributed by atoms with Crippen LogP contribution in [0.5, 0.6) is 5.75 Å². The van der Waals surface area contributed by atoms with Crippen molar-refractivity contribution in [1.29, 1.82) is 0 Å². The molecule has 4 heterocycles. The third-order valence-electron chi connectivity index (χ3n) is 11.0. The second kappa shape index (κ2) is 22.6. The molecular formula is C42H49ClF2N8NaO9-. The van der Waals surface area contributed by atoms with Crippen LogP contribution in [0.2, 0.25) is 0 Å². The summed E-state index contributed by atoms with van der Waals surface area (Å²) in [6.07, 6.45) is 4.29. The third kappa shape index (κ3) is 11.8. The molecule has 2 N–H and O–H groups in total. The molecule has 0 saturated carbocycles. The normalized spacial score (nSPS) is 18.5. The van der Waals surface area contributed by atoms with E-state index in [4.69, 9.17) is 14.2 Å². The molecule has 0 aliphatic carbocycles. The SMILES string of the molecule is CC[C@@H]([C@H](C)O)n1ncn(-c2ccc(N3CCN(c4ccc(OC[C@@H]5CO[C@@](Cn6c[n+](C(C)OC(=O)OC[C-]=O)cn6)(c6ccc(F)cc6F)C5)cc4)CC3)cc2)c1=O.[Cl-].[Na+].[OH-]. The van der Waals surface area contributed by atoms with Crippen molar-refractivity contribution in [2.75, 3.05) is 55.8 Å². The van der Waals surface area contributed by atoms with Crippen LogP contribution in [-0.2, 0) is 31.2 Å². The zero-order valence-electron chi connectivity index (χ0n) is 35.4. The zero-order chi connectivity index (χ0) is 42.4. The van der Waals surface area contributed by atoms with E-state index >= 15 is 4.39 Å². The van der Waals surface area contributed by atoms with Crippen LogP contribution in [0.3, 0.4) is 0 Å². The van der Waals surface area contributed by atoms with Crippen molar-refractivity contribution in [3.63, 3.8) is 0 Å². The molecule has 21 heteroatoms. The monoisotopic (exact) mass is 905 g/mol. The average molecular weight is 906 g/mol. The number of aliphatic hydroxyl groups is 1. The molecule has 2 fully saturated rings. The van der Waals surface area contributed by atoms with Crippen LogP contribution in [0.4, 0.5) is 25.0 Å². The van der Waals surface area contributed by atoms with Crippen molar-refractivity contribution >= 4 is 23.8 Å². The van der Waals surface area contributed by atoms with E-state index < -0.39 is 42.3 Å². The van der Waals surface area contributed by atoms with Crippen LogP contribution in [0.1, 0.15) is 51.4 Å². The smallest absolute Gasteiger partial charge is 1.00 e. The van der Waals surface area contributed by atoms with Crippen LogP contribution >= 0.6 is 0 Å². The number of aromatic nitrogens is 6. The number of carbonyl (C=O) groups excluding carboxylic acids is 2. The largest absolute Gasteiger partial charge is 1.00 e. The molecular weight excluding hydrogens is 857 g/mol. The maximum absolute atomic E-state index is 15.3.